The lowest BCUT2D eigenvalue weighted by Gasteiger charge is -2.23. The Morgan fingerprint density at radius 3 is 2.40 bits per heavy atom. The van der Waals surface area contributed by atoms with Crippen molar-refractivity contribution in [2.75, 3.05) is 26.7 Å². The highest BCUT2D eigenvalue weighted by atomic mass is 16.3. The smallest absolute Gasteiger partial charge is 0.0916 e. The van der Waals surface area contributed by atoms with Crippen LogP contribution in [0.5, 0.6) is 0 Å². The first kappa shape index (κ1) is 15.5. The largest absolute Gasteiger partial charge is 0.395 e. The normalized spacial score (nSPS) is 18.4. The number of nitrogens with zero attached hydrogens (tertiary/aromatic N) is 1. The number of aliphatic hydroxyl groups is 2. The van der Waals surface area contributed by atoms with Crippen LogP contribution >= 0.6 is 0 Å². The molecule has 112 valence electrons. The molecule has 1 fully saturated rings. The topological polar surface area (TPSA) is 43.7 Å². The average Bonchev–Trinajstić information content (AvgIpc) is 2.48. The van der Waals surface area contributed by atoms with Crippen LogP contribution in [0.4, 0.5) is 0 Å². The Hall–Kier alpha value is -0.900. The average molecular weight is 277 g/mol. The maximum Gasteiger partial charge on any atom is 0.0916 e. The molecule has 1 aromatic rings. The third-order valence-electron chi connectivity index (χ3n) is 4.36. The van der Waals surface area contributed by atoms with Gasteiger partial charge in [-0.05, 0) is 36.9 Å². The Bertz CT molecular complexity index is 384. The van der Waals surface area contributed by atoms with Gasteiger partial charge in [0.15, 0.2) is 0 Å². The fourth-order valence-electron chi connectivity index (χ4n) is 3.09. The molecule has 0 aliphatic heterocycles. The predicted molar refractivity (Wildman–Crippen MR) is 81.8 cm³/mol. The van der Waals surface area contributed by atoms with E-state index in [9.17, 15) is 5.11 Å². The summed E-state index contributed by atoms with van der Waals surface area (Å²) in [5.74, 6) is 0.715. The summed E-state index contributed by atoms with van der Waals surface area (Å²) >= 11 is 0. The first-order valence-corrected chi connectivity index (χ1v) is 7.78. The van der Waals surface area contributed by atoms with Crippen LogP contribution in [0, 0.1) is 0 Å². The summed E-state index contributed by atoms with van der Waals surface area (Å²) < 4.78 is 0. The van der Waals surface area contributed by atoms with Crippen molar-refractivity contribution in [3.63, 3.8) is 0 Å². The molecular weight excluding hydrogens is 250 g/mol. The summed E-state index contributed by atoms with van der Waals surface area (Å²) in [6, 6.07) is 8.48. The molecule has 1 atom stereocenters. The second kappa shape index (κ2) is 7.77. The lowest BCUT2D eigenvalue weighted by molar-refractivity contribution is 0.115. The number of aliphatic hydroxyl groups excluding tert-OH is 2. The summed E-state index contributed by atoms with van der Waals surface area (Å²) in [4.78, 5) is 1.94. The van der Waals surface area contributed by atoms with Gasteiger partial charge in [0, 0.05) is 13.1 Å². The molecule has 1 unspecified atom stereocenters. The number of likely N-dealkylation sites (N-methyl/N-ethyl adjacent to an activating group) is 1. The van der Waals surface area contributed by atoms with Gasteiger partial charge in [0.1, 0.15) is 0 Å². The Morgan fingerprint density at radius 2 is 1.80 bits per heavy atom. The van der Waals surface area contributed by atoms with Gasteiger partial charge in [0.25, 0.3) is 0 Å². The molecule has 3 nitrogen and oxygen atoms in total. The second-order valence-corrected chi connectivity index (χ2v) is 6.00. The molecular formula is C17H27NO2. The van der Waals surface area contributed by atoms with Crippen molar-refractivity contribution in [3.05, 3.63) is 35.4 Å². The monoisotopic (exact) mass is 277 g/mol. The van der Waals surface area contributed by atoms with E-state index in [1.165, 1.54) is 37.7 Å². The minimum absolute atomic E-state index is 0.129. The summed E-state index contributed by atoms with van der Waals surface area (Å²) in [5.41, 5.74) is 2.39. The van der Waals surface area contributed by atoms with Crippen molar-refractivity contribution in [2.24, 2.45) is 0 Å². The third kappa shape index (κ3) is 4.30. The number of benzene rings is 1. The molecule has 20 heavy (non-hydrogen) atoms. The fourth-order valence-corrected chi connectivity index (χ4v) is 3.09. The molecule has 0 aromatic heterocycles. The van der Waals surface area contributed by atoms with Gasteiger partial charge in [-0.15, -0.1) is 0 Å². The molecule has 1 aromatic carbocycles. The van der Waals surface area contributed by atoms with E-state index in [1.807, 2.05) is 11.9 Å². The van der Waals surface area contributed by atoms with Crippen LogP contribution in [0.2, 0.25) is 0 Å². The molecule has 1 aliphatic rings. The number of hydrogen-bond donors (Lipinski definition) is 2. The zero-order valence-corrected chi connectivity index (χ0v) is 12.5. The van der Waals surface area contributed by atoms with E-state index >= 15 is 0 Å². The van der Waals surface area contributed by atoms with Crippen molar-refractivity contribution < 1.29 is 10.2 Å². The van der Waals surface area contributed by atoms with Crippen LogP contribution in [-0.2, 0) is 0 Å². The van der Waals surface area contributed by atoms with Gasteiger partial charge >= 0.3 is 0 Å². The predicted octanol–water partition coefficient (Wildman–Crippen LogP) is 2.69. The van der Waals surface area contributed by atoms with Gasteiger partial charge in [-0.25, -0.2) is 0 Å². The van der Waals surface area contributed by atoms with E-state index in [0.717, 1.165) is 5.56 Å². The molecule has 0 saturated heterocycles. The fraction of sp³-hybridized carbons (Fsp3) is 0.647. The van der Waals surface area contributed by atoms with Gasteiger partial charge in [-0.1, -0.05) is 43.5 Å². The lowest BCUT2D eigenvalue weighted by Crippen LogP contribution is -2.27. The second-order valence-electron chi connectivity index (χ2n) is 6.00. The van der Waals surface area contributed by atoms with Crippen LogP contribution in [0.1, 0.15) is 55.3 Å². The van der Waals surface area contributed by atoms with Crippen molar-refractivity contribution in [3.8, 4) is 0 Å². The summed E-state index contributed by atoms with van der Waals surface area (Å²) in [7, 11) is 1.91. The molecule has 1 saturated carbocycles. The van der Waals surface area contributed by atoms with Gasteiger partial charge in [0.2, 0.25) is 0 Å². The van der Waals surface area contributed by atoms with Crippen molar-refractivity contribution in [2.45, 2.75) is 44.1 Å². The van der Waals surface area contributed by atoms with E-state index in [2.05, 4.69) is 24.3 Å². The SMILES string of the molecule is CN(CCO)CC(O)c1ccc(C2CCCCC2)cc1. The summed E-state index contributed by atoms with van der Waals surface area (Å²) in [5, 5.41) is 19.1. The molecule has 1 aliphatic carbocycles. The van der Waals surface area contributed by atoms with E-state index < -0.39 is 6.10 Å². The lowest BCUT2D eigenvalue weighted by atomic mass is 9.84. The minimum atomic E-state index is -0.480. The van der Waals surface area contributed by atoms with Gasteiger partial charge < -0.3 is 15.1 Å². The highest BCUT2D eigenvalue weighted by Crippen LogP contribution is 2.33. The van der Waals surface area contributed by atoms with Crippen LogP contribution in [0.3, 0.4) is 0 Å². The minimum Gasteiger partial charge on any atom is -0.395 e. The number of hydrogen-bond acceptors (Lipinski definition) is 3. The Labute approximate surface area is 122 Å². The molecule has 0 heterocycles. The van der Waals surface area contributed by atoms with Crippen molar-refractivity contribution >= 4 is 0 Å². The zero-order chi connectivity index (χ0) is 14.4. The van der Waals surface area contributed by atoms with E-state index in [-0.39, 0.29) is 6.61 Å². The van der Waals surface area contributed by atoms with Crippen molar-refractivity contribution in [1.29, 1.82) is 0 Å². The standard InChI is InChI=1S/C17H27NO2/c1-18(11-12-19)13-17(20)16-9-7-15(8-10-16)14-5-3-2-4-6-14/h7-10,14,17,19-20H,2-6,11-13H2,1H3. The van der Waals surface area contributed by atoms with Crippen LogP contribution in [0.15, 0.2) is 24.3 Å². The van der Waals surface area contributed by atoms with E-state index in [1.54, 1.807) is 0 Å². The highest BCUT2D eigenvalue weighted by Gasteiger charge is 2.16. The first-order valence-electron chi connectivity index (χ1n) is 7.78. The van der Waals surface area contributed by atoms with Crippen molar-refractivity contribution in [1.82, 2.24) is 4.90 Å². The van der Waals surface area contributed by atoms with Gasteiger partial charge in [0.05, 0.1) is 12.7 Å². The van der Waals surface area contributed by atoms with E-state index in [4.69, 9.17) is 5.11 Å². The molecule has 0 radical (unpaired) electrons. The molecule has 0 bridgehead atoms. The van der Waals surface area contributed by atoms with E-state index in [0.29, 0.717) is 19.0 Å². The molecule has 3 heteroatoms. The van der Waals surface area contributed by atoms with Crippen LogP contribution in [0.25, 0.3) is 0 Å². The summed E-state index contributed by atoms with van der Waals surface area (Å²) in [6.07, 6.45) is 6.21. The van der Waals surface area contributed by atoms with Crippen LogP contribution < -0.4 is 0 Å². The highest BCUT2D eigenvalue weighted by molar-refractivity contribution is 5.27. The quantitative estimate of drug-likeness (QED) is 0.840. The first-order chi connectivity index (χ1) is 9.70. The third-order valence-corrected chi connectivity index (χ3v) is 4.36. The molecule has 0 amide bonds. The Morgan fingerprint density at radius 1 is 1.15 bits per heavy atom. The maximum absolute atomic E-state index is 10.2. The van der Waals surface area contributed by atoms with Gasteiger partial charge in [-0.2, -0.15) is 0 Å². The maximum atomic E-state index is 10.2. The van der Waals surface area contributed by atoms with Crippen LogP contribution in [-0.4, -0.2) is 41.9 Å². The zero-order valence-electron chi connectivity index (χ0n) is 12.5. The summed E-state index contributed by atoms with van der Waals surface area (Å²) in [6.45, 7) is 1.28. The molecule has 2 N–H and O–H groups in total. The molecule has 0 spiro atoms. The Kier molecular flexibility index (Phi) is 6.02. The number of rotatable bonds is 6. The van der Waals surface area contributed by atoms with Gasteiger partial charge in [-0.3, -0.25) is 0 Å². The molecule has 2 rings (SSSR count). The Balaban J connectivity index is 1.93.